The summed E-state index contributed by atoms with van der Waals surface area (Å²) in [6.07, 6.45) is 0. The molecule has 0 saturated carbocycles. The van der Waals surface area contributed by atoms with Gasteiger partial charge in [-0.2, -0.15) is 4.68 Å². The minimum absolute atomic E-state index is 0.151. The molecule has 2 heterocycles. The fraction of sp³-hybridized carbons (Fsp3) is 0.105. The Morgan fingerprint density at radius 2 is 1.82 bits per heavy atom. The first-order valence-corrected chi connectivity index (χ1v) is 10.3. The number of rotatable bonds is 6. The molecule has 7 nitrogen and oxygen atoms in total. The van der Waals surface area contributed by atoms with Crippen molar-refractivity contribution in [1.82, 2.24) is 25.2 Å². The summed E-state index contributed by atoms with van der Waals surface area (Å²) in [6, 6.07) is 19.4. The molecule has 0 aliphatic carbocycles. The van der Waals surface area contributed by atoms with Gasteiger partial charge in [0.15, 0.2) is 5.13 Å². The quantitative estimate of drug-likeness (QED) is 0.487. The monoisotopic (exact) mass is 408 g/mol. The molecule has 2 aromatic carbocycles. The van der Waals surface area contributed by atoms with Gasteiger partial charge in [-0.25, -0.2) is 4.98 Å². The van der Waals surface area contributed by atoms with Gasteiger partial charge in [0, 0.05) is 10.9 Å². The number of hydrogen-bond acceptors (Lipinski definition) is 7. The lowest BCUT2D eigenvalue weighted by molar-refractivity contribution is -0.115. The van der Waals surface area contributed by atoms with Gasteiger partial charge in [0.2, 0.25) is 11.1 Å². The van der Waals surface area contributed by atoms with Crippen LogP contribution in [0.1, 0.15) is 6.92 Å². The van der Waals surface area contributed by atoms with Crippen molar-refractivity contribution in [2.75, 3.05) is 5.32 Å². The minimum atomic E-state index is -0.391. The van der Waals surface area contributed by atoms with Gasteiger partial charge in [0.25, 0.3) is 0 Å². The van der Waals surface area contributed by atoms with E-state index in [4.69, 9.17) is 0 Å². The van der Waals surface area contributed by atoms with Crippen LogP contribution in [0, 0.1) is 0 Å². The number of carbonyl (C=O) groups excluding carboxylic acids is 1. The molecule has 0 aliphatic rings. The first-order valence-electron chi connectivity index (χ1n) is 8.53. The van der Waals surface area contributed by atoms with E-state index in [1.165, 1.54) is 23.1 Å². The number of thioether (sulfide) groups is 1. The van der Waals surface area contributed by atoms with E-state index in [1.807, 2.05) is 73.0 Å². The molecular weight excluding hydrogens is 392 g/mol. The molecule has 0 fully saturated rings. The van der Waals surface area contributed by atoms with Crippen LogP contribution >= 0.6 is 23.1 Å². The number of benzene rings is 2. The molecule has 0 radical (unpaired) electrons. The third-order valence-corrected chi connectivity index (χ3v) is 5.69. The van der Waals surface area contributed by atoms with Gasteiger partial charge in [-0.3, -0.25) is 4.79 Å². The molecule has 1 atom stereocenters. The second-order valence-corrected chi connectivity index (χ2v) is 8.03. The minimum Gasteiger partial charge on any atom is -0.301 e. The van der Waals surface area contributed by atoms with Crippen LogP contribution in [-0.4, -0.2) is 36.3 Å². The van der Waals surface area contributed by atoms with Crippen LogP contribution in [0.2, 0.25) is 0 Å². The Hall–Kier alpha value is -3.04. The normalized spacial score (nSPS) is 11.9. The van der Waals surface area contributed by atoms with Crippen molar-refractivity contribution in [1.29, 1.82) is 0 Å². The van der Waals surface area contributed by atoms with E-state index in [-0.39, 0.29) is 5.91 Å². The third-order valence-electron chi connectivity index (χ3n) is 3.90. The predicted molar refractivity (Wildman–Crippen MR) is 111 cm³/mol. The average molecular weight is 409 g/mol. The fourth-order valence-electron chi connectivity index (χ4n) is 2.47. The van der Waals surface area contributed by atoms with Gasteiger partial charge < -0.3 is 5.32 Å². The van der Waals surface area contributed by atoms with Crippen molar-refractivity contribution in [2.45, 2.75) is 17.3 Å². The Bertz CT molecular complexity index is 1060. The third kappa shape index (κ3) is 4.10. The Labute approximate surface area is 169 Å². The summed E-state index contributed by atoms with van der Waals surface area (Å²) in [6.45, 7) is 1.82. The molecule has 0 unspecified atom stereocenters. The van der Waals surface area contributed by atoms with E-state index in [0.29, 0.717) is 10.3 Å². The van der Waals surface area contributed by atoms with Gasteiger partial charge >= 0.3 is 0 Å². The van der Waals surface area contributed by atoms with Crippen LogP contribution in [0.4, 0.5) is 5.13 Å². The van der Waals surface area contributed by atoms with Crippen LogP contribution in [0.3, 0.4) is 0 Å². The van der Waals surface area contributed by atoms with Crippen molar-refractivity contribution < 1.29 is 4.79 Å². The summed E-state index contributed by atoms with van der Waals surface area (Å²) in [5.74, 6) is -0.151. The van der Waals surface area contributed by atoms with Crippen LogP contribution in [0.15, 0.2) is 71.2 Å². The van der Waals surface area contributed by atoms with Crippen LogP contribution < -0.4 is 5.32 Å². The first-order chi connectivity index (χ1) is 13.7. The Morgan fingerprint density at radius 3 is 2.57 bits per heavy atom. The number of carbonyl (C=O) groups is 1. The Balaban J connectivity index is 1.43. The molecule has 2 aromatic heterocycles. The van der Waals surface area contributed by atoms with E-state index in [2.05, 4.69) is 25.8 Å². The Morgan fingerprint density at radius 1 is 1.11 bits per heavy atom. The summed E-state index contributed by atoms with van der Waals surface area (Å²) < 4.78 is 1.62. The highest BCUT2D eigenvalue weighted by molar-refractivity contribution is 8.00. The lowest BCUT2D eigenvalue weighted by Crippen LogP contribution is -2.22. The van der Waals surface area contributed by atoms with Crippen LogP contribution in [0.5, 0.6) is 0 Å². The topological polar surface area (TPSA) is 85.6 Å². The van der Waals surface area contributed by atoms with Crippen LogP contribution in [-0.2, 0) is 4.79 Å². The zero-order valence-corrected chi connectivity index (χ0v) is 16.5. The molecule has 4 aromatic rings. The number of hydrogen-bond donors (Lipinski definition) is 1. The number of aromatic nitrogens is 5. The number of anilines is 1. The van der Waals surface area contributed by atoms with E-state index >= 15 is 0 Å². The molecule has 0 spiro atoms. The fourth-order valence-corrected chi connectivity index (χ4v) is 4.01. The van der Waals surface area contributed by atoms with Gasteiger partial charge in [0.05, 0.1) is 16.6 Å². The van der Waals surface area contributed by atoms with Gasteiger partial charge in [-0.1, -0.05) is 60.3 Å². The maximum absolute atomic E-state index is 12.6. The van der Waals surface area contributed by atoms with Gasteiger partial charge in [-0.05, 0) is 29.5 Å². The van der Waals surface area contributed by atoms with E-state index in [0.717, 1.165) is 16.9 Å². The summed E-state index contributed by atoms with van der Waals surface area (Å²) >= 11 is 2.69. The number of nitrogens with one attached hydrogen (secondary N) is 1. The SMILES string of the molecule is C[C@H](Sc1nnnn1-c1ccccc1)C(=O)Nc1nc(-c2ccccc2)cs1. The van der Waals surface area contributed by atoms with E-state index < -0.39 is 5.25 Å². The molecule has 28 heavy (non-hydrogen) atoms. The van der Waals surface area contributed by atoms with Crippen LogP contribution in [0.25, 0.3) is 16.9 Å². The van der Waals surface area contributed by atoms with E-state index in [1.54, 1.807) is 4.68 Å². The van der Waals surface area contributed by atoms with Crippen molar-refractivity contribution in [3.05, 3.63) is 66.0 Å². The number of amides is 1. The zero-order valence-electron chi connectivity index (χ0n) is 14.9. The highest BCUT2D eigenvalue weighted by atomic mass is 32.2. The number of nitrogens with zero attached hydrogens (tertiary/aromatic N) is 5. The highest BCUT2D eigenvalue weighted by Crippen LogP contribution is 2.27. The molecule has 0 bridgehead atoms. The largest absolute Gasteiger partial charge is 0.301 e. The van der Waals surface area contributed by atoms with Crippen molar-refractivity contribution >= 4 is 34.1 Å². The van der Waals surface area contributed by atoms with Crippen molar-refractivity contribution in [3.8, 4) is 16.9 Å². The summed E-state index contributed by atoms with van der Waals surface area (Å²) in [5, 5.41) is 17.3. The smallest absolute Gasteiger partial charge is 0.239 e. The zero-order chi connectivity index (χ0) is 19.3. The van der Waals surface area contributed by atoms with Gasteiger partial charge in [0.1, 0.15) is 0 Å². The van der Waals surface area contributed by atoms with E-state index in [9.17, 15) is 4.79 Å². The maximum atomic E-state index is 12.6. The van der Waals surface area contributed by atoms with Gasteiger partial charge in [-0.15, -0.1) is 16.4 Å². The lowest BCUT2D eigenvalue weighted by Gasteiger charge is -2.10. The molecule has 1 amide bonds. The van der Waals surface area contributed by atoms with Crippen molar-refractivity contribution in [2.24, 2.45) is 0 Å². The molecule has 4 rings (SSSR count). The lowest BCUT2D eigenvalue weighted by atomic mass is 10.2. The standard InChI is InChI=1S/C19H16N6OS2/c1-13(28-19-22-23-24-25(19)15-10-6-3-7-11-15)17(26)21-18-20-16(12-27-18)14-8-4-2-5-9-14/h2-13H,1H3,(H,20,21,26)/t13-/m0/s1. The molecule has 0 saturated heterocycles. The molecular formula is C19H16N6OS2. The average Bonchev–Trinajstić information content (AvgIpc) is 3.39. The summed E-state index contributed by atoms with van der Waals surface area (Å²) in [7, 11) is 0. The van der Waals surface area contributed by atoms with Crippen molar-refractivity contribution in [3.63, 3.8) is 0 Å². The maximum Gasteiger partial charge on any atom is 0.239 e. The Kier molecular flexibility index (Phi) is 5.45. The second-order valence-electron chi connectivity index (χ2n) is 5.86. The molecule has 9 heteroatoms. The first kappa shape index (κ1) is 18.3. The highest BCUT2D eigenvalue weighted by Gasteiger charge is 2.20. The number of tetrazole rings is 1. The summed E-state index contributed by atoms with van der Waals surface area (Å²) in [5.41, 5.74) is 2.70. The second kappa shape index (κ2) is 8.32. The summed E-state index contributed by atoms with van der Waals surface area (Å²) in [4.78, 5) is 17.1. The molecule has 1 N–H and O–H groups in total. The number of para-hydroxylation sites is 1. The molecule has 140 valence electrons. The number of thiazole rings is 1. The predicted octanol–water partition coefficient (Wildman–Crippen LogP) is 3.91. The molecule has 0 aliphatic heterocycles.